The predicted molar refractivity (Wildman–Crippen MR) is 78.2 cm³/mol. The lowest BCUT2D eigenvalue weighted by Crippen LogP contribution is -2.45. The van der Waals surface area contributed by atoms with Gasteiger partial charge in [-0.2, -0.15) is 0 Å². The summed E-state index contributed by atoms with van der Waals surface area (Å²) in [7, 11) is 0. The topological polar surface area (TPSA) is 40.5 Å². The summed E-state index contributed by atoms with van der Waals surface area (Å²) in [6.45, 7) is 0.765. The fourth-order valence-corrected chi connectivity index (χ4v) is 3.35. The summed E-state index contributed by atoms with van der Waals surface area (Å²) in [5.74, 6) is 0.387. The van der Waals surface area contributed by atoms with Crippen LogP contribution in [0.5, 0.6) is 0 Å². The number of benzene rings is 1. The van der Waals surface area contributed by atoms with Crippen LogP contribution in [0.15, 0.2) is 29.2 Å². The molecule has 2 rings (SSSR count). The highest BCUT2D eigenvalue weighted by Crippen LogP contribution is 2.23. The molecule has 1 N–H and O–H groups in total. The first kappa shape index (κ1) is 15.3. The molecule has 0 spiro atoms. The van der Waals surface area contributed by atoms with Crippen LogP contribution in [0.3, 0.4) is 0 Å². The number of likely N-dealkylation sites (tertiary alicyclic amines) is 1. The molecule has 5 heteroatoms. The number of carbonyl (C=O) groups is 1. The molecule has 0 bridgehead atoms. The van der Waals surface area contributed by atoms with Gasteiger partial charge in [-0.05, 0) is 31.4 Å². The maximum absolute atomic E-state index is 13.4. The molecule has 1 heterocycles. The van der Waals surface area contributed by atoms with Gasteiger partial charge in [0.25, 0.3) is 0 Å². The molecule has 1 aliphatic heterocycles. The second-order valence-corrected chi connectivity index (χ2v) is 6.08. The van der Waals surface area contributed by atoms with E-state index in [0.717, 1.165) is 25.8 Å². The number of carbonyl (C=O) groups excluding carboxylic acids is 1. The van der Waals surface area contributed by atoms with E-state index in [1.54, 1.807) is 23.1 Å². The maximum atomic E-state index is 13.4. The Hall–Kier alpha value is -1.07. The van der Waals surface area contributed by atoms with E-state index in [9.17, 15) is 14.3 Å². The van der Waals surface area contributed by atoms with Gasteiger partial charge in [0.05, 0.1) is 12.6 Å². The van der Waals surface area contributed by atoms with Crippen molar-refractivity contribution >= 4 is 17.7 Å². The van der Waals surface area contributed by atoms with Crippen molar-refractivity contribution in [3.8, 4) is 0 Å². The number of amides is 1. The fourth-order valence-electron chi connectivity index (χ4n) is 2.47. The number of hydrogen-bond acceptors (Lipinski definition) is 3. The van der Waals surface area contributed by atoms with E-state index in [0.29, 0.717) is 17.1 Å². The minimum absolute atomic E-state index is 0.0327. The van der Waals surface area contributed by atoms with E-state index in [-0.39, 0.29) is 24.4 Å². The van der Waals surface area contributed by atoms with Crippen molar-refractivity contribution in [2.75, 3.05) is 18.9 Å². The van der Waals surface area contributed by atoms with Crippen molar-refractivity contribution in [3.05, 3.63) is 30.1 Å². The number of rotatable bonds is 5. The predicted octanol–water partition coefficient (Wildman–Crippen LogP) is 2.68. The third-order valence-electron chi connectivity index (χ3n) is 3.57. The molecule has 0 saturated carbocycles. The van der Waals surface area contributed by atoms with Crippen LogP contribution >= 0.6 is 11.8 Å². The Morgan fingerprint density at radius 2 is 2.20 bits per heavy atom. The van der Waals surface area contributed by atoms with Crippen LogP contribution < -0.4 is 0 Å². The van der Waals surface area contributed by atoms with Gasteiger partial charge in [-0.1, -0.05) is 12.1 Å². The van der Waals surface area contributed by atoms with Crippen molar-refractivity contribution < 1.29 is 14.3 Å². The van der Waals surface area contributed by atoms with Crippen LogP contribution in [-0.4, -0.2) is 40.9 Å². The van der Waals surface area contributed by atoms with Crippen molar-refractivity contribution in [3.63, 3.8) is 0 Å². The highest BCUT2D eigenvalue weighted by atomic mass is 32.2. The van der Waals surface area contributed by atoms with E-state index in [1.807, 2.05) is 0 Å². The normalized spacial score (nSPS) is 19.1. The molecule has 1 aromatic carbocycles. The Morgan fingerprint density at radius 1 is 1.40 bits per heavy atom. The molecule has 1 saturated heterocycles. The summed E-state index contributed by atoms with van der Waals surface area (Å²) in [6, 6.07) is 6.57. The summed E-state index contributed by atoms with van der Waals surface area (Å²) in [5.41, 5.74) is 0. The highest BCUT2D eigenvalue weighted by molar-refractivity contribution is 7.99. The van der Waals surface area contributed by atoms with Gasteiger partial charge < -0.3 is 10.0 Å². The molecule has 1 unspecified atom stereocenters. The second-order valence-electron chi connectivity index (χ2n) is 4.95. The van der Waals surface area contributed by atoms with Crippen LogP contribution in [0.25, 0.3) is 0 Å². The lowest BCUT2D eigenvalue weighted by Gasteiger charge is -2.34. The number of halogens is 1. The monoisotopic (exact) mass is 297 g/mol. The fraction of sp³-hybridized carbons (Fsp3) is 0.533. The van der Waals surface area contributed by atoms with Gasteiger partial charge in [0.2, 0.25) is 5.91 Å². The summed E-state index contributed by atoms with van der Waals surface area (Å²) >= 11 is 1.36. The number of thioether (sulfide) groups is 1. The largest absolute Gasteiger partial charge is 0.394 e. The summed E-state index contributed by atoms with van der Waals surface area (Å²) in [6.07, 6.45) is 3.33. The van der Waals surface area contributed by atoms with E-state index < -0.39 is 0 Å². The molecule has 3 nitrogen and oxygen atoms in total. The number of nitrogens with zero attached hydrogens (tertiary/aromatic N) is 1. The number of aliphatic hydroxyl groups is 1. The standard InChI is InChI=1S/C15H20FNO2S/c16-13-6-1-2-7-14(13)20-10-8-15(19)17-9-4-3-5-12(17)11-18/h1-2,6-7,12,18H,3-5,8-11H2. The molecule has 1 aromatic rings. The van der Waals surface area contributed by atoms with Gasteiger partial charge in [0.1, 0.15) is 5.82 Å². The van der Waals surface area contributed by atoms with Crippen molar-refractivity contribution in [1.29, 1.82) is 0 Å². The Balaban J connectivity index is 1.81. The van der Waals surface area contributed by atoms with Crippen molar-refractivity contribution in [2.45, 2.75) is 36.6 Å². The SMILES string of the molecule is O=C(CCSc1ccccc1F)N1CCCCC1CO. The van der Waals surface area contributed by atoms with Gasteiger partial charge in [-0.3, -0.25) is 4.79 Å². The van der Waals surface area contributed by atoms with Crippen molar-refractivity contribution in [2.24, 2.45) is 0 Å². The van der Waals surface area contributed by atoms with Crippen LogP contribution in [-0.2, 0) is 4.79 Å². The average Bonchev–Trinajstić information content (AvgIpc) is 2.49. The quantitative estimate of drug-likeness (QED) is 0.850. The Morgan fingerprint density at radius 3 is 2.95 bits per heavy atom. The van der Waals surface area contributed by atoms with E-state index in [4.69, 9.17) is 0 Å². The Kier molecular flexibility index (Phi) is 5.86. The zero-order chi connectivity index (χ0) is 14.4. The first-order valence-corrected chi connectivity index (χ1v) is 7.98. The van der Waals surface area contributed by atoms with Gasteiger partial charge >= 0.3 is 0 Å². The molecule has 1 aliphatic rings. The maximum Gasteiger partial charge on any atom is 0.223 e. The molecule has 20 heavy (non-hydrogen) atoms. The Bertz CT molecular complexity index is 455. The average molecular weight is 297 g/mol. The minimum Gasteiger partial charge on any atom is -0.394 e. The first-order chi connectivity index (χ1) is 9.72. The first-order valence-electron chi connectivity index (χ1n) is 7.00. The van der Waals surface area contributed by atoms with E-state index in [1.165, 1.54) is 17.8 Å². The van der Waals surface area contributed by atoms with Gasteiger partial charge in [0.15, 0.2) is 0 Å². The zero-order valence-electron chi connectivity index (χ0n) is 11.4. The number of aliphatic hydroxyl groups excluding tert-OH is 1. The molecule has 0 aliphatic carbocycles. The molecule has 1 amide bonds. The second kappa shape index (κ2) is 7.64. The smallest absolute Gasteiger partial charge is 0.223 e. The van der Waals surface area contributed by atoms with Crippen molar-refractivity contribution in [1.82, 2.24) is 4.90 Å². The van der Waals surface area contributed by atoms with Crippen LogP contribution in [0.2, 0.25) is 0 Å². The van der Waals surface area contributed by atoms with E-state index >= 15 is 0 Å². The summed E-state index contributed by atoms with van der Waals surface area (Å²) < 4.78 is 13.4. The minimum atomic E-state index is -0.240. The van der Waals surface area contributed by atoms with Crippen LogP contribution in [0, 0.1) is 5.82 Å². The molecule has 0 aromatic heterocycles. The van der Waals surface area contributed by atoms with E-state index in [2.05, 4.69) is 0 Å². The molecule has 1 atom stereocenters. The third-order valence-corrected chi connectivity index (χ3v) is 4.62. The van der Waals surface area contributed by atoms with Crippen LogP contribution in [0.1, 0.15) is 25.7 Å². The zero-order valence-corrected chi connectivity index (χ0v) is 12.2. The third kappa shape index (κ3) is 3.96. The molecule has 1 fully saturated rings. The molecule has 110 valence electrons. The Labute approximate surface area is 123 Å². The molecular weight excluding hydrogens is 277 g/mol. The van der Waals surface area contributed by atoms with Gasteiger partial charge in [-0.15, -0.1) is 11.8 Å². The number of hydrogen-bond donors (Lipinski definition) is 1. The van der Waals surface area contributed by atoms with Crippen LogP contribution in [0.4, 0.5) is 4.39 Å². The van der Waals surface area contributed by atoms with Gasteiger partial charge in [-0.25, -0.2) is 4.39 Å². The molecule has 0 radical (unpaired) electrons. The summed E-state index contributed by atoms with van der Waals surface area (Å²) in [5, 5.41) is 9.30. The summed E-state index contributed by atoms with van der Waals surface area (Å²) in [4.78, 5) is 14.5. The lowest BCUT2D eigenvalue weighted by atomic mass is 10.0. The lowest BCUT2D eigenvalue weighted by molar-refractivity contribution is -0.135. The number of piperidine rings is 1. The highest BCUT2D eigenvalue weighted by Gasteiger charge is 2.25. The molecular formula is C15H20FNO2S. The van der Waals surface area contributed by atoms with Gasteiger partial charge in [0, 0.05) is 23.6 Å².